The van der Waals surface area contributed by atoms with Crippen LogP contribution in [0.1, 0.15) is 19.3 Å². The lowest BCUT2D eigenvalue weighted by atomic mass is 9.95. The number of ether oxygens (including phenoxy) is 1. The fourth-order valence-electron chi connectivity index (χ4n) is 2.07. The van der Waals surface area contributed by atoms with Crippen LogP contribution in [-0.4, -0.2) is 74.7 Å². The summed E-state index contributed by atoms with van der Waals surface area (Å²) in [6.07, 6.45) is 1.53. The van der Waals surface area contributed by atoms with E-state index in [0.717, 1.165) is 0 Å². The van der Waals surface area contributed by atoms with Crippen molar-refractivity contribution in [1.82, 2.24) is 8.61 Å². The monoisotopic (exact) mass is 295 g/mol. The zero-order valence-electron chi connectivity index (χ0n) is 11.7. The van der Waals surface area contributed by atoms with Gasteiger partial charge in [0.15, 0.2) is 0 Å². The summed E-state index contributed by atoms with van der Waals surface area (Å²) in [6, 6.07) is 0. The standard InChI is InChI=1S/C11H25N3O4S/c1-13(7-3-6-12)19(16,17)14(2)10-11(15)4-8-18-9-5-11/h15H,3-10,12H2,1-2H3. The van der Waals surface area contributed by atoms with Gasteiger partial charge in [0.05, 0.1) is 5.60 Å². The van der Waals surface area contributed by atoms with E-state index >= 15 is 0 Å². The number of hydrogen-bond donors (Lipinski definition) is 2. The molecule has 0 aliphatic carbocycles. The van der Waals surface area contributed by atoms with Gasteiger partial charge in [-0.15, -0.1) is 0 Å². The molecule has 7 nitrogen and oxygen atoms in total. The van der Waals surface area contributed by atoms with Crippen LogP contribution in [0.3, 0.4) is 0 Å². The fraction of sp³-hybridized carbons (Fsp3) is 1.00. The minimum Gasteiger partial charge on any atom is -0.388 e. The summed E-state index contributed by atoms with van der Waals surface area (Å²) in [5, 5.41) is 10.3. The molecule has 0 atom stereocenters. The van der Waals surface area contributed by atoms with Gasteiger partial charge in [0, 0.05) is 53.2 Å². The van der Waals surface area contributed by atoms with Gasteiger partial charge >= 0.3 is 0 Å². The maximum Gasteiger partial charge on any atom is 0.281 e. The molecule has 0 amide bonds. The zero-order chi connectivity index (χ0) is 14.5. The number of nitrogens with zero attached hydrogens (tertiary/aromatic N) is 2. The van der Waals surface area contributed by atoms with Crippen LogP contribution in [0, 0.1) is 0 Å². The van der Waals surface area contributed by atoms with Crippen molar-refractivity contribution in [3.05, 3.63) is 0 Å². The lowest BCUT2D eigenvalue weighted by Crippen LogP contribution is -2.50. The molecular formula is C11H25N3O4S. The van der Waals surface area contributed by atoms with Crippen molar-refractivity contribution in [1.29, 1.82) is 0 Å². The Hall–Kier alpha value is -0.250. The Bertz CT molecular complexity index is 368. The topological polar surface area (TPSA) is 96.1 Å². The highest BCUT2D eigenvalue weighted by Crippen LogP contribution is 2.22. The highest BCUT2D eigenvalue weighted by molar-refractivity contribution is 7.86. The van der Waals surface area contributed by atoms with Gasteiger partial charge in [0.2, 0.25) is 0 Å². The van der Waals surface area contributed by atoms with Crippen LogP contribution in [0.15, 0.2) is 0 Å². The van der Waals surface area contributed by atoms with Gasteiger partial charge in [-0.1, -0.05) is 0 Å². The third-order valence-corrected chi connectivity index (χ3v) is 5.29. The van der Waals surface area contributed by atoms with Gasteiger partial charge < -0.3 is 15.6 Å². The Kier molecular flexibility index (Phi) is 6.15. The van der Waals surface area contributed by atoms with E-state index < -0.39 is 15.8 Å². The van der Waals surface area contributed by atoms with E-state index in [1.807, 2.05) is 0 Å². The van der Waals surface area contributed by atoms with E-state index in [1.165, 1.54) is 22.7 Å². The van der Waals surface area contributed by atoms with Crippen molar-refractivity contribution in [3.8, 4) is 0 Å². The maximum absolute atomic E-state index is 12.2. The second-order valence-electron chi connectivity index (χ2n) is 5.06. The van der Waals surface area contributed by atoms with Crippen molar-refractivity contribution in [3.63, 3.8) is 0 Å². The number of aliphatic hydroxyl groups is 1. The van der Waals surface area contributed by atoms with Crippen LogP contribution in [0.2, 0.25) is 0 Å². The van der Waals surface area contributed by atoms with E-state index in [2.05, 4.69) is 0 Å². The molecule has 1 rings (SSSR count). The first-order valence-electron chi connectivity index (χ1n) is 6.50. The lowest BCUT2D eigenvalue weighted by molar-refractivity contribution is -0.0693. The van der Waals surface area contributed by atoms with Crippen LogP contribution in [0.5, 0.6) is 0 Å². The van der Waals surface area contributed by atoms with Gasteiger partial charge in [-0.3, -0.25) is 0 Å². The largest absolute Gasteiger partial charge is 0.388 e. The molecule has 0 radical (unpaired) electrons. The third-order valence-electron chi connectivity index (χ3n) is 3.41. The van der Waals surface area contributed by atoms with E-state index in [4.69, 9.17) is 10.5 Å². The van der Waals surface area contributed by atoms with Crippen LogP contribution in [0.4, 0.5) is 0 Å². The van der Waals surface area contributed by atoms with E-state index in [9.17, 15) is 13.5 Å². The summed E-state index contributed by atoms with van der Waals surface area (Å²) >= 11 is 0. The summed E-state index contributed by atoms with van der Waals surface area (Å²) in [6.45, 7) is 1.85. The van der Waals surface area contributed by atoms with E-state index in [0.29, 0.717) is 45.6 Å². The number of hydrogen-bond acceptors (Lipinski definition) is 5. The molecule has 0 aromatic rings. The van der Waals surface area contributed by atoms with Crippen LogP contribution in [-0.2, 0) is 14.9 Å². The first kappa shape index (κ1) is 16.8. The maximum atomic E-state index is 12.2. The van der Waals surface area contributed by atoms with Crippen molar-refractivity contribution < 1.29 is 18.3 Å². The normalized spacial score (nSPS) is 20.1. The van der Waals surface area contributed by atoms with Crippen molar-refractivity contribution >= 4 is 10.2 Å². The quantitative estimate of drug-likeness (QED) is 0.627. The zero-order valence-corrected chi connectivity index (χ0v) is 12.5. The van der Waals surface area contributed by atoms with Gasteiger partial charge in [-0.2, -0.15) is 17.0 Å². The molecule has 1 aliphatic heterocycles. The van der Waals surface area contributed by atoms with Crippen LogP contribution < -0.4 is 5.73 Å². The molecule has 3 N–H and O–H groups in total. The molecule has 1 heterocycles. The van der Waals surface area contributed by atoms with Crippen LogP contribution >= 0.6 is 0 Å². The molecule has 0 aromatic heterocycles. The van der Waals surface area contributed by atoms with Crippen molar-refractivity contribution in [2.24, 2.45) is 5.73 Å². The molecule has 8 heteroatoms. The Balaban J connectivity index is 2.62. The molecular weight excluding hydrogens is 270 g/mol. The molecule has 1 saturated heterocycles. The molecule has 1 fully saturated rings. The van der Waals surface area contributed by atoms with Gasteiger partial charge in [0.1, 0.15) is 0 Å². The average molecular weight is 295 g/mol. The Morgan fingerprint density at radius 1 is 1.26 bits per heavy atom. The lowest BCUT2D eigenvalue weighted by Gasteiger charge is -2.36. The van der Waals surface area contributed by atoms with Gasteiger partial charge in [-0.25, -0.2) is 0 Å². The Morgan fingerprint density at radius 3 is 2.37 bits per heavy atom. The molecule has 114 valence electrons. The number of likely N-dealkylation sites (N-methyl/N-ethyl adjacent to an activating group) is 1. The smallest absolute Gasteiger partial charge is 0.281 e. The second-order valence-corrected chi connectivity index (χ2v) is 7.21. The summed E-state index contributed by atoms with van der Waals surface area (Å²) in [5.41, 5.74) is 4.39. The molecule has 0 saturated carbocycles. The number of nitrogens with two attached hydrogens (primary N) is 1. The Morgan fingerprint density at radius 2 is 1.84 bits per heavy atom. The molecule has 0 spiro atoms. The molecule has 0 bridgehead atoms. The summed E-state index contributed by atoms with van der Waals surface area (Å²) in [4.78, 5) is 0. The van der Waals surface area contributed by atoms with E-state index in [1.54, 1.807) is 0 Å². The minimum atomic E-state index is -3.54. The predicted molar refractivity (Wildman–Crippen MR) is 72.9 cm³/mol. The molecule has 0 unspecified atom stereocenters. The molecule has 1 aliphatic rings. The van der Waals surface area contributed by atoms with Crippen LogP contribution in [0.25, 0.3) is 0 Å². The molecule has 19 heavy (non-hydrogen) atoms. The number of rotatable bonds is 7. The van der Waals surface area contributed by atoms with Gasteiger partial charge in [-0.05, 0) is 13.0 Å². The first-order chi connectivity index (χ1) is 8.82. The van der Waals surface area contributed by atoms with Gasteiger partial charge in [0.25, 0.3) is 10.2 Å². The summed E-state index contributed by atoms with van der Waals surface area (Å²) < 4.78 is 32.1. The summed E-state index contributed by atoms with van der Waals surface area (Å²) in [7, 11) is -0.527. The highest BCUT2D eigenvalue weighted by Gasteiger charge is 2.35. The summed E-state index contributed by atoms with van der Waals surface area (Å²) in [5.74, 6) is 0. The minimum absolute atomic E-state index is 0.0889. The predicted octanol–water partition coefficient (Wildman–Crippen LogP) is -1.01. The van der Waals surface area contributed by atoms with E-state index in [-0.39, 0.29) is 6.54 Å². The average Bonchev–Trinajstić information content (AvgIpc) is 2.36. The van der Waals surface area contributed by atoms with Crippen molar-refractivity contribution in [2.75, 3.05) is 46.9 Å². The Labute approximate surface area is 115 Å². The highest BCUT2D eigenvalue weighted by atomic mass is 32.2. The second kappa shape index (κ2) is 6.96. The van der Waals surface area contributed by atoms with Crippen molar-refractivity contribution in [2.45, 2.75) is 24.9 Å². The fourth-order valence-corrected chi connectivity index (χ4v) is 3.31. The third kappa shape index (κ3) is 4.66. The first-order valence-corrected chi connectivity index (χ1v) is 7.89. The SMILES string of the molecule is CN(CCCN)S(=O)(=O)N(C)CC1(O)CCOCC1. The molecule has 0 aromatic carbocycles.